The number of carbonyl (C=O) groups is 1. The topological polar surface area (TPSA) is 61.4 Å². The number of hydrogen-bond acceptors (Lipinski definition) is 2. The van der Waals surface area contributed by atoms with E-state index in [0.29, 0.717) is 0 Å². The van der Waals surface area contributed by atoms with Crippen LogP contribution in [0.25, 0.3) is 0 Å². The zero-order valence-corrected chi connectivity index (χ0v) is 13.2. The van der Waals surface area contributed by atoms with Crippen LogP contribution in [0, 0.1) is 20.8 Å². The Morgan fingerprint density at radius 1 is 1.00 bits per heavy atom. The van der Waals surface area contributed by atoms with Gasteiger partial charge >= 0.3 is 6.03 Å². The maximum atomic E-state index is 12.0. The molecule has 2 rings (SSSR count). The molecule has 0 aromatic heterocycles. The summed E-state index contributed by atoms with van der Waals surface area (Å²) in [6.07, 6.45) is -0.718. The summed E-state index contributed by atoms with van der Waals surface area (Å²) in [5.41, 5.74) is 4.66. The highest BCUT2D eigenvalue weighted by molar-refractivity contribution is 5.91. The van der Waals surface area contributed by atoms with Gasteiger partial charge in [-0.1, -0.05) is 42.5 Å². The average Bonchev–Trinajstić information content (AvgIpc) is 2.49. The molecular formula is C18H22N2O2. The molecule has 116 valence electrons. The van der Waals surface area contributed by atoms with Gasteiger partial charge in [-0.15, -0.1) is 0 Å². The van der Waals surface area contributed by atoms with E-state index in [-0.39, 0.29) is 12.6 Å². The van der Waals surface area contributed by atoms with Crippen molar-refractivity contribution in [3.8, 4) is 0 Å². The number of aliphatic hydroxyl groups excluding tert-OH is 1. The molecule has 1 unspecified atom stereocenters. The third-order valence-corrected chi connectivity index (χ3v) is 3.72. The molecule has 2 amide bonds. The van der Waals surface area contributed by atoms with Crippen molar-refractivity contribution in [2.24, 2.45) is 0 Å². The lowest BCUT2D eigenvalue weighted by Gasteiger charge is -2.16. The summed E-state index contributed by atoms with van der Waals surface area (Å²) >= 11 is 0. The van der Waals surface area contributed by atoms with Crippen molar-refractivity contribution < 1.29 is 9.90 Å². The molecule has 0 saturated heterocycles. The molecule has 4 heteroatoms. The normalized spacial score (nSPS) is 11.8. The standard InChI is InChI=1S/C18H22N2O2/c1-12-7-4-5-10-15(12)16(21)11-19-18(22)20-17-13(2)8-6-9-14(17)3/h4-10,16,21H,11H2,1-3H3,(H2,19,20,22). The van der Waals surface area contributed by atoms with Crippen molar-refractivity contribution in [1.29, 1.82) is 0 Å². The second kappa shape index (κ2) is 7.09. The monoisotopic (exact) mass is 298 g/mol. The van der Waals surface area contributed by atoms with Crippen LogP contribution >= 0.6 is 0 Å². The van der Waals surface area contributed by atoms with Crippen LogP contribution in [0.15, 0.2) is 42.5 Å². The Balaban J connectivity index is 1.95. The number of nitrogens with one attached hydrogen (secondary N) is 2. The first-order chi connectivity index (χ1) is 10.5. The molecular weight excluding hydrogens is 276 g/mol. The van der Waals surface area contributed by atoms with Gasteiger partial charge in [0.2, 0.25) is 0 Å². The highest BCUT2D eigenvalue weighted by atomic mass is 16.3. The minimum Gasteiger partial charge on any atom is -0.387 e. The summed E-state index contributed by atoms with van der Waals surface area (Å²) in [5, 5.41) is 15.7. The molecule has 22 heavy (non-hydrogen) atoms. The van der Waals surface area contributed by atoms with Gasteiger partial charge in [0, 0.05) is 12.2 Å². The minimum atomic E-state index is -0.718. The second-order valence-electron chi connectivity index (χ2n) is 5.47. The van der Waals surface area contributed by atoms with E-state index in [9.17, 15) is 9.90 Å². The molecule has 0 aliphatic rings. The van der Waals surface area contributed by atoms with Gasteiger partial charge in [0.05, 0.1) is 6.10 Å². The highest BCUT2D eigenvalue weighted by Gasteiger charge is 2.12. The molecule has 0 heterocycles. The third kappa shape index (κ3) is 3.86. The van der Waals surface area contributed by atoms with Gasteiger partial charge in [-0.25, -0.2) is 4.79 Å². The maximum absolute atomic E-state index is 12.0. The van der Waals surface area contributed by atoms with Gasteiger partial charge in [0.15, 0.2) is 0 Å². The molecule has 0 aliphatic carbocycles. The average molecular weight is 298 g/mol. The number of aliphatic hydroxyl groups is 1. The summed E-state index contributed by atoms with van der Waals surface area (Å²) in [5.74, 6) is 0. The third-order valence-electron chi connectivity index (χ3n) is 3.72. The molecule has 0 fully saturated rings. The molecule has 0 aliphatic heterocycles. The fraction of sp³-hybridized carbons (Fsp3) is 0.278. The lowest BCUT2D eigenvalue weighted by atomic mass is 10.0. The molecule has 2 aromatic carbocycles. The van der Waals surface area contributed by atoms with Gasteiger partial charge in [-0.3, -0.25) is 0 Å². The van der Waals surface area contributed by atoms with Crippen LogP contribution in [0.2, 0.25) is 0 Å². The van der Waals surface area contributed by atoms with Gasteiger partial charge in [-0.05, 0) is 43.0 Å². The summed E-state index contributed by atoms with van der Waals surface area (Å²) in [6, 6.07) is 13.1. The van der Waals surface area contributed by atoms with Crippen LogP contribution in [-0.4, -0.2) is 17.7 Å². The summed E-state index contributed by atoms with van der Waals surface area (Å²) < 4.78 is 0. The summed E-state index contributed by atoms with van der Waals surface area (Å²) in [7, 11) is 0. The Morgan fingerprint density at radius 2 is 1.59 bits per heavy atom. The van der Waals surface area contributed by atoms with E-state index in [1.807, 2.05) is 63.2 Å². The van der Waals surface area contributed by atoms with Crippen LogP contribution in [-0.2, 0) is 0 Å². The van der Waals surface area contributed by atoms with Crippen molar-refractivity contribution in [2.75, 3.05) is 11.9 Å². The Morgan fingerprint density at radius 3 is 2.23 bits per heavy atom. The fourth-order valence-corrected chi connectivity index (χ4v) is 2.43. The molecule has 0 bridgehead atoms. The molecule has 4 nitrogen and oxygen atoms in total. The van der Waals surface area contributed by atoms with Gasteiger partial charge < -0.3 is 15.7 Å². The van der Waals surface area contributed by atoms with Gasteiger partial charge in [0.25, 0.3) is 0 Å². The zero-order chi connectivity index (χ0) is 16.1. The van der Waals surface area contributed by atoms with Crippen molar-refractivity contribution in [2.45, 2.75) is 26.9 Å². The Bertz CT molecular complexity index is 648. The van der Waals surface area contributed by atoms with E-state index in [1.165, 1.54) is 0 Å². The first-order valence-corrected chi connectivity index (χ1v) is 7.33. The van der Waals surface area contributed by atoms with Crippen molar-refractivity contribution in [3.05, 3.63) is 64.7 Å². The number of para-hydroxylation sites is 1. The van der Waals surface area contributed by atoms with Crippen molar-refractivity contribution in [3.63, 3.8) is 0 Å². The molecule has 0 spiro atoms. The molecule has 0 saturated carbocycles. The maximum Gasteiger partial charge on any atom is 0.319 e. The Labute approximate surface area is 131 Å². The number of aryl methyl sites for hydroxylation is 3. The first kappa shape index (κ1) is 16.0. The lowest BCUT2D eigenvalue weighted by molar-refractivity contribution is 0.174. The quantitative estimate of drug-likeness (QED) is 0.809. The summed E-state index contributed by atoms with van der Waals surface area (Å²) in [6.45, 7) is 6.01. The smallest absolute Gasteiger partial charge is 0.319 e. The number of urea groups is 1. The van der Waals surface area contributed by atoms with Crippen molar-refractivity contribution in [1.82, 2.24) is 5.32 Å². The number of benzene rings is 2. The van der Waals surface area contributed by atoms with Crippen LogP contribution in [0.4, 0.5) is 10.5 Å². The Kier molecular flexibility index (Phi) is 5.17. The van der Waals surface area contributed by atoms with Crippen LogP contribution in [0.5, 0.6) is 0 Å². The molecule has 1 atom stereocenters. The Hall–Kier alpha value is -2.33. The summed E-state index contributed by atoms with van der Waals surface area (Å²) in [4.78, 5) is 12.0. The van der Waals surface area contributed by atoms with E-state index < -0.39 is 6.10 Å². The molecule has 2 aromatic rings. The predicted octanol–water partition coefficient (Wildman–Crippen LogP) is 3.47. The number of carbonyl (C=O) groups excluding carboxylic acids is 1. The predicted molar refractivity (Wildman–Crippen MR) is 89.1 cm³/mol. The lowest BCUT2D eigenvalue weighted by Crippen LogP contribution is -2.33. The van der Waals surface area contributed by atoms with E-state index in [0.717, 1.165) is 27.9 Å². The van der Waals surface area contributed by atoms with Crippen LogP contribution < -0.4 is 10.6 Å². The minimum absolute atomic E-state index is 0.168. The van der Waals surface area contributed by atoms with Gasteiger partial charge in [0.1, 0.15) is 0 Å². The van der Waals surface area contributed by atoms with Crippen molar-refractivity contribution >= 4 is 11.7 Å². The fourth-order valence-electron chi connectivity index (χ4n) is 2.43. The van der Waals surface area contributed by atoms with E-state index in [2.05, 4.69) is 10.6 Å². The number of anilines is 1. The molecule has 0 radical (unpaired) electrons. The van der Waals surface area contributed by atoms with E-state index in [1.54, 1.807) is 0 Å². The first-order valence-electron chi connectivity index (χ1n) is 7.33. The largest absolute Gasteiger partial charge is 0.387 e. The molecule has 3 N–H and O–H groups in total. The SMILES string of the molecule is Cc1ccccc1C(O)CNC(=O)Nc1c(C)cccc1C. The number of amides is 2. The van der Waals surface area contributed by atoms with Gasteiger partial charge in [-0.2, -0.15) is 0 Å². The van der Waals surface area contributed by atoms with Crippen LogP contribution in [0.1, 0.15) is 28.4 Å². The van der Waals surface area contributed by atoms with Crippen LogP contribution in [0.3, 0.4) is 0 Å². The zero-order valence-electron chi connectivity index (χ0n) is 13.2. The van der Waals surface area contributed by atoms with E-state index in [4.69, 9.17) is 0 Å². The number of hydrogen-bond donors (Lipinski definition) is 3. The number of rotatable bonds is 4. The second-order valence-corrected chi connectivity index (χ2v) is 5.47. The van der Waals surface area contributed by atoms with E-state index >= 15 is 0 Å². The highest BCUT2D eigenvalue weighted by Crippen LogP contribution is 2.19.